The lowest BCUT2D eigenvalue weighted by atomic mass is 10.2. The Morgan fingerprint density at radius 1 is 1.50 bits per heavy atom. The maximum Gasteiger partial charge on any atom is 0.357 e. The van der Waals surface area contributed by atoms with Crippen LogP contribution in [0.5, 0.6) is 0 Å². The summed E-state index contributed by atoms with van der Waals surface area (Å²) in [6.07, 6.45) is 0. The zero-order valence-electron chi connectivity index (χ0n) is 11.2. The molecule has 5 nitrogen and oxygen atoms in total. The Balaban J connectivity index is 2.36. The number of rotatable bonds is 5. The molecule has 0 aliphatic heterocycles. The van der Waals surface area contributed by atoms with Gasteiger partial charge >= 0.3 is 5.97 Å². The van der Waals surface area contributed by atoms with Crippen molar-refractivity contribution in [1.29, 1.82) is 0 Å². The van der Waals surface area contributed by atoms with E-state index in [-0.39, 0.29) is 18.2 Å². The van der Waals surface area contributed by atoms with E-state index in [1.165, 1.54) is 11.3 Å². The van der Waals surface area contributed by atoms with E-state index in [4.69, 9.17) is 15.2 Å². The molecule has 0 aromatic carbocycles. The Hall–Kier alpha value is -0.980. The average molecular weight is 272 g/mol. The first-order chi connectivity index (χ1) is 8.29. The molecule has 1 heterocycles. The number of ether oxygens (including phenoxy) is 2. The number of carbonyl (C=O) groups is 1. The third-order valence-electron chi connectivity index (χ3n) is 1.97. The Kier molecular flexibility index (Phi) is 5.25. The topological polar surface area (TPSA) is 74.4 Å². The van der Waals surface area contributed by atoms with Gasteiger partial charge in [-0.05, 0) is 27.7 Å². The highest BCUT2D eigenvalue weighted by atomic mass is 32.1. The Bertz CT molecular complexity index is 396. The normalized spacial score (nSPS) is 13.4. The van der Waals surface area contributed by atoms with Gasteiger partial charge in [0.2, 0.25) is 0 Å². The van der Waals surface area contributed by atoms with Crippen LogP contribution in [-0.4, -0.2) is 29.8 Å². The second-order valence-electron chi connectivity index (χ2n) is 4.96. The lowest BCUT2D eigenvalue weighted by Crippen LogP contribution is -2.22. The van der Waals surface area contributed by atoms with Gasteiger partial charge in [-0.1, -0.05) is 0 Å². The van der Waals surface area contributed by atoms with Crippen LogP contribution in [0, 0.1) is 0 Å². The van der Waals surface area contributed by atoms with Crippen molar-refractivity contribution in [2.75, 3.05) is 13.2 Å². The molecule has 6 heteroatoms. The number of nitrogens with zero attached hydrogens (tertiary/aromatic N) is 1. The summed E-state index contributed by atoms with van der Waals surface area (Å²) < 4.78 is 10.5. The molecule has 1 atom stereocenters. The number of aromatic nitrogens is 1. The maximum atomic E-state index is 11.6. The molecule has 0 radical (unpaired) electrons. The quantitative estimate of drug-likeness (QED) is 0.656. The highest BCUT2D eigenvalue weighted by Crippen LogP contribution is 2.16. The van der Waals surface area contributed by atoms with Gasteiger partial charge in [0.25, 0.3) is 0 Å². The van der Waals surface area contributed by atoms with Crippen molar-refractivity contribution in [3.05, 3.63) is 16.1 Å². The first-order valence-electron chi connectivity index (χ1n) is 5.81. The Morgan fingerprint density at radius 2 is 2.17 bits per heavy atom. The fourth-order valence-electron chi connectivity index (χ4n) is 1.15. The van der Waals surface area contributed by atoms with E-state index in [2.05, 4.69) is 4.98 Å². The summed E-state index contributed by atoms with van der Waals surface area (Å²) in [7, 11) is 0. The largest absolute Gasteiger partial charge is 0.458 e. The summed E-state index contributed by atoms with van der Waals surface area (Å²) >= 11 is 1.36. The molecule has 1 aromatic heterocycles. The molecular weight excluding hydrogens is 252 g/mol. The molecule has 0 aliphatic rings. The molecule has 1 rings (SSSR count). The average Bonchev–Trinajstić information content (AvgIpc) is 2.72. The van der Waals surface area contributed by atoms with Crippen LogP contribution in [0.2, 0.25) is 0 Å². The van der Waals surface area contributed by atoms with E-state index in [0.29, 0.717) is 12.3 Å². The Morgan fingerprint density at radius 3 is 2.67 bits per heavy atom. The molecule has 18 heavy (non-hydrogen) atoms. The van der Waals surface area contributed by atoms with Crippen molar-refractivity contribution in [2.24, 2.45) is 5.73 Å². The minimum Gasteiger partial charge on any atom is -0.458 e. The summed E-state index contributed by atoms with van der Waals surface area (Å²) in [6.45, 7) is 8.27. The van der Waals surface area contributed by atoms with Crippen molar-refractivity contribution in [3.63, 3.8) is 0 Å². The van der Waals surface area contributed by atoms with Crippen molar-refractivity contribution in [2.45, 2.75) is 39.3 Å². The molecule has 102 valence electrons. The minimum absolute atomic E-state index is 0.166. The van der Waals surface area contributed by atoms with Crippen LogP contribution in [0.3, 0.4) is 0 Å². The molecular formula is C12H20N2O3S. The summed E-state index contributed by atoms with van der Waals surface area (Å²) in [4.78, 5) is 15.7. The maximum absolute atomic E-state index is 11.6. The zero-order chi connectivity index (χ0) is 13.8. The van der Waals surface area contributed by atoms with Gasteiger partial charge in [-0.15, -0.1) is 11.3 Å². The number of esters is 1. The first-order valence-corrected chi connectivity index (χ1v) is 6.69. The fraction of sp³-hybridized carbons (Fsp3) is 0.667. The molecule has 0 bridgehead atoms. The van der Waals surface area contributed by atoms with E-state index in [0.717, 1.165) is 5.01 Å². The smallest absolute Gasteiger partial charge is 0.357 e. The molecule has 2 N–H and O–H groups in total. The van der Waals surface area contributed by atoms with E-state index in [9.17, 15) is 4.79 Å². The fourth-order valence-corrected chi connectivity index (χ4v) is 1.89. The number of carbonyl (C=O) groups excluding carboxylic acids is 1. The van der Waals surface area contributed by atoms with Gasteiger partial charge in [0.1, 0.15) is 11.6 Å². The predicted octanol–water partition coefficient (Wildman–Crippen LogP) is 2.13. The number of nitrogens with two attached hydrogens (primary N) is 1. The summed E-state index contributed by atoms with van der Waals surface area (Å²) in [5.41, 5.74) is 5.75. The van der Waals surface area contributed by atoms with E-state index in [1.54, 1.807) is 5.38 Å². The second-order valence-corrected chi connectivity index (χ2v) is 5.85. The lowest BCUT2D eigenvalue weighted by molar-refractivity contribution is -0.0282. The van der Waals surface area contributed by atoms with Crippen molar-refractivity contribution in [3.8, 4) is 0 Å². The van der Waals surface area contributed by atoms with E-state index >= 15 is 0 Å². The molecule has 0 spiro atoms. The van der Waals surface area contributed by atoms with Crippen LogP contribution in [0.15, 0.2) is 5.38 Å². The minimum atomic E-state index is -0.435. The van der Waals surface area contributed by atoms with Crippen molar-refractivity contribution >= 4 is 17.3 Å². The number of hydrogen-bond acceptors (Lipinski definition) is 6. The molecule has 0 aliphatic carbocycles. The zero-order valence-corrected chi connectivity index (χ0v) is 12.0. The van der Waals surface area contributed by atoms with E-state index in [1.807, 2.05) is 27.7 Å². The highest BCUT2D eigenvalue weighted by molar-refractivity contribution is 7.09. The van der Waals surface area contributed by atoms with Crippen LogP contribution in [0.1, 0.15) is 49.2 Å². The SMILES string of the molecule is CC(N)c1nc(C(=O)OCCOC(C)(C)C)cs1. The predicted molar refractivity (Wildman–Crippen MR) is 70.7 cm³/mol. The molecule has 0 amide bonds. The summed E-state index contributed by atoms with van der Waals surface area (Å²) in [5.74, 6) is -0.435. The molecule has 1 unspecified atom stereocenters. The van der Waals surface area contributed by atoms with Gasteiger partial charge in [-0.25, -0.2) is 9.78 Å². The monoisotopic (exact) mass is 272 g/mol. The summed E-state index contributed by atoms with van der Waals surface area (Å²) in [6, 6.07) is -0.166. The second kappa shape index (κ2) is 6.26. The van der Waals surface area contributed by atoms with Gasteiger partial charge in [-0.2, -0.15) is 0 Å². The van der Waals surface area contributed by atoms with Gasteiger partial charge < -0.3 is 15.2 Å². The third kappa shape index (κ3) is 5.12. The van der Waals surface area contributed by atoms with Crippen molar-refractivity contribution in [1.82, 2.24) is 4.98 Å². The third-order valence-corrected chi connectivity index (χ3v) is 3.02. The van der Waals surface area contributed by atoms with Crippen LogP contribution in [-0.2, 0) is 9.47 Å². The van der Waals surface area contributed by atoms with E-state index < -0.39 is 5.97 Å². The van der Waals surface area contributed by atoms with Crippen LogP contribution < -0.4 is 5.73 Å². The molecule has 0 saturated carbocycles. The Labute approximate surface area is 111 Å². The first kappa shape index (κ1) is 15.1. The lowest BCUT2D eigenvalue weighted by Gasteiger charge is -2.19. The van der Waals surface area contributed by atoms with Gasteiger partial charge in [0.15, 0.2) is 5.69 Å². The molecule has 1 aromatic rings. The van der Waals surface area contributed by atoms with Gasteiger partial charge in [-0.3, -0.25) is 0 Å². The number of thiazole rings is 1. The van der Waals surface area contributed by atoms with Crippen LogP contribution in [0.4, 0.5) is 0 Å². The number of hydrogen-bond donors (Lipinski definition) is 1. The van der Waals surface area contributed by atoms with Crippen molar-refractivity contribution < 1.29 is 14.3 Å². The molecule has 0 fully saturated rings. The van der Waals surface area contributed by atoms with Crippen LogP contribution >= 0.6 is 11.3 Å². The van der Waals surface area contributed by atoms with Crippen LogP contribution in [0.25, 0.3) is 0 Å². The highest BCUT2D eigenvalue weighted by Gasteiger charge is 2.15. The van der Waals surface area contributed by atoms with Gasteiger partial charge in [0.05, 0.1) is 18.2 Å². The summed E-state index contributed by atoms with van der Waals surface area (Å²) in [5, 5.41) is 2.39. The van der Waals surface area contributed by atoms with Gasteiger partial charge in [0, 0.05) is 5.38 Å². The molecule has 0 saturated heterocycles. The standard InChI is InChI=1S/C12H20N2O3S/c1-8(13)10-14-9(7-18-10)11(15)16-5-6-17-12(2,3)4/h7-8H,5-6,13H2,1-4H3.